The third-order valence-corrected chi connectivity index (χ3v) is 2.91. The predicted octanol–water partition coefficient (Wildman–Crippen LogP) is 2.19. The van der Waals surface area contributed by atoms with Crippen LogP contribution in [0.25, 0.3) is 0 Å². The van der Waals surface area contributed by atoms with E-state index < -0.39 is 6.04 Å². The topological polar surface area (TPSA) is 64.3 Å². The molecule has 4 nitrogen and oxygen atoms in total. The first-order valence-corrected chi connectivity index (χ1v) is 6.68. The fraction of sp³-hybridized carbons (Fsp3) is 0.533. The Bertz CT molecular complexity index is 405. The lowest BCUT2D eigenvalue weighted by atomic mass is 10.0. The number of methoxy groups -OCH3 is 1. The Kier molecular flexibility index (Phi) is 6.53. The van der Waals surface area contributed by atoms with Crippen LogP contribution in [0, 0.1) is 5.92 Å². The molecule has 19 heavy (non-hydrogen) atoms. The van der Waals surface area contributed by atoms with E-state index in [0.717, 1.165) is 17.7 Å². The number of carbonyl (C=O) groups is 1. The highest BCUT2D eigenvalue weighted by Gasteiger charge is 2.16. The molecular weight excluding hydrogens is 240 g/mol. The zero-order valence-electron chi connectivity index (χ0n) is 12.0. The maximum atomic E-state index is 12.0. The van der Waals surface area contributed by atoms with Crippen molar-refractivity contribution in [3.8, 4) is 0 Å². The van der Waals surface area contributed by atoms with Crippen molar-refractivity contribution in [2.24, 2.45) is 11.7 Å². The van der Waals surface area contributed by atoms with Crippen molar-refractivity contribution in [2.75, 3.05) is 19.0 Å². The molecule has 0 saturated carbocycles. The molecular formula is C15H24N2O2. The number of rotatable bonds is 7. The highest BCUT2D eigenvalue weighted by atomic mass is 16.5. The molecule has 0 fully saturated rings. The molecule has 1 unspecified atom stereocenters. The van der Waals surface area contributed by atoms with Gasteiger partial charge in [-0.3, -0.25) is 4.79 Å². The van der Waals surface area contributed by atoms with E-state index >= 15 is 0 Å². The molecule has 106 valence electrons. The van der Waals surface area contributed by atoms with E-state index in [1.165, 1.54) is 0 Å². The average Bonchev–Trinajstić information content (AvgIpc) is 2.36. The second-order valence-electron chi connectivity index (χ2n) is 5.13. The molecule has 1 aromatic rings. The first-order valence-electron chi connectivity index (χ1n) is 6.68. The zero-order valence-corrected chi connectivity index (χ0v) is 12.0. The van der Waals surface area contributed by atoms with Gasteiger partial charge < -0.3 is 15.8 Å². The molecule has 0 spiro atoms. The van der Waals surface area contributed by atoms with Gasteiger partial charge in [0.05, 0.1) is 12.6 Å². The van der Waals surface area contributed by atoms with Gasteiger partial charge in [0, 0.05) is 12.8 Å². The third-order valence-electron chi connectivity index (χ3n) is 2.91. The molecule has 0 bridgehead atoms. The van der Waals surface area contributed by atoms with Crippen molar-refractivity contribution in [1.82, 2.24) is 0 Å². The number of ether oxygens (including phenoxy) is 1. The fourth-order valence-electron chi connectivity index (χ4n) is 1.91. The van der Waals surface area contributed by atoms with Crippen LogP contribution in [-0.4, -0.2) is 25.7 Å². The molecule has 1 amide bonds. The van der Waals surface area contributed by atoms with E-state index in [1.54, 1.807) is 7.11 Å². The molecule has 3 N–H and O–H groups in total. The highest BCUT2D eigenvalue weighted by Crippen LogP contribution is 2.16. The quantitative estimate of drug-likeness (QED) is 0.793. The van der Waals surface area contributed by atoms with Crippen molar-refractivity contribution in [1.29, 1.82) is 0 Å². The highest BCUT2D eigenvalue weighted by molar-refractivity contribution is 5.95. The molecule has 0 aliphatic rings. The Hall–Kier alpha value is -1.39. The van der Waals surface area contributed by atoms with E-state index in [1.807, 2.05) is 24.3 Å². The first kappa shape index (κ1) is 15.7. The standard InChI is InChI=1S/C15H24N2O2/c1-11(2)10-13(16)15(18)17-14-7-5-4-6-12(14)8-9-19-3/h4-7,11,13H,8-10,16H2,1-3H3,(H,17,18). The van der Waals surface area contributed by atoms with Crippen molar-refractivity contribution >= 4 is 11.6 Å². The van der Waals surface area contributed by atoms with Crippen LogP contribution in [0.3, 0.4) is 0 Å². The number of hydrogen-bond acceptors (Lipinski definition) is 3. The van der Waals surface area contributed by atoms with Gasteiger partial charge in [0.1, 0.15) is 0 Å². The van der Waals surface area contributed by atoms with Gasteiger partial charge in [-0.2, -0.15) is 0 Å². The van der Waals surface area contributed by atoms with Gasteiger partial charge in [0.15, 0.2) is 0 Å². The number of anilines is 1. The van der Waals surface area contributed by atoms with E-state index in [9.17, 15) is 4.79 Å². The maximum Gasteiger partial charge on any atom is 0.241 e. The molecule has 0 aliphatic carbocycles. The van der Waals surface area contributed by atoms with Crippen LogP contribution in [0.4, 0.5) is 5.69 Å². The van der Waals surface area contributed by atoms with Crippen molar-refractivity contribution in [3.63, 3.8) is 0 Å². The van der Waals surface area contributed by atoms with Crippen LogP contribution >= 0.6 is 0 Å². The lowest BCUT2D eigenvalue weighted by molar-refractivity contribution is -0.117. The van der Waals surface area contributed by atoms with Crippen LogP contribution in [0.1, 0.15) is 25.8 Å². The number of hydrogen-bond donors (Lipinski definition) is 2. The summed E-state index contributed by atoms with van der Waals surface area (Å²) in [7, 11) is 1.67. The van der Waals surface area contributed by atoms with Gasteiger partial charge in [0.25, 0.3) is 0 Å². The van der Waals surface area contributed by atoms with Crippen LogP contribution in [-0.2, 0) is 16.0 Å². The largest absolute Gasteiger partial charge is 0.384 e. The molecule has 0 radical (unpaired) electrons. The van der Waals surface area contributed by atoms with E-state index in [-0.39, 0.29) is 5.91 Å². The Morgan fingerprint density at radius 1 is 1.37 bits per heavy atom. The number of nitrogens with two attached hydrogens (primary N) is 1. The van der Waals surface area contributed by atoms with Crippen molar-refractivity contribution in [3.05, 3.63) is 29.8 Å². The second kappa shape index (κ2) is 7.92. The summed E-state index contributed by atoms with van der Waals surface area (Å²) in [6.07, 6.45) is 1.46. The van der Waals surface area contributed by atoms with Gasteiger partial charge >= 0.3 is 0 Å². The Morgan fingerprint density at radius 3 is 2.68 bits per heavy atom. The molecule has 4 heteroatoms. The monoisotopic (exact) mass is 264 g/mol. The lowest BCUT2D eigenvalue weighted by Crippen LogP contribution is -2.36. The van der Waals surface area contributed by atoms with Gasteiger partial charge in [-0.25, -0.2) is 0 Å². The smallest absolute Gasteiger partial charge is 0.241 e. The Labute approximate surface area is 115 Å². The van der Waals surface area contributed by atoms with Gasteiger partial charge in [-0.1, -0.05) is 32.0 Å². The minimum atomic E-state index is -0.463. The van der Waals surface area contributed by atoms with Crippen LogP contribution in [0.5, 0.6) is 0 Å². The van der Waals surface area contributed by atoms with Crippen molar-refractivity contribution in [2.45, 2.75) is 32.7 Å². The molecule has 0 heterocycles. The fourth-order valence-corrected chi connectivity index (χ4v) is 1.91. The molecule has 1 atom stereocenters. The zero-order chi connectivity index (χ0) is 14.3. The van der Waals surface area contributed by atoms with E-state index in [4.69, 9.17) is 10.5 Å². The van der Waals surface area contributed by atoms with Gasteiger partial charge in [-0.05, 0) is 30.4 Å². The SMILES string of the molecule is COCCc1ccccc1NC(=O)C(N)CC(C)C. The number of nitrogens with one attached hydrogen (secondary N) is 1. The summed E-state index contributed by atoms with van der Waals surface area (Å²) in [5, 5.41) is 2.91. The molecule has 0 aromatic heterocycles. The van der Waals surface area contributed by atoms with Crippen LogP contribution in [0.2, 0.25) is 0 Å². The molecule has 1 aromatic carbocycles. The summed E-state index contributed by atoms with van der Waals surface area (Å²) in [4.78, 5) is 12.0. The van der Waals surface area contributed by atoms with Gasteiger partial charge in [-0.15, -0.1) is 0 Å². The predicted molar refractivity (Wildman–Crippen MR) is 78.1 cm³/mol. The number of amides is 1. The first-order chi connectivity index (χ1) is 9.04. The van der Waals surface area contributed by atoms with Crippen molar-refractivity contribution < 1.29 is 9.53 Å². The molecule has 0 aliphatic heterocycles. The molecule has 0 saturated heterocycles. The third kappa shape index (κ3) is 5.41. The number of benzene rings is 1. The lowest BCUT2D eigenvalue weighted by Gasteiger charge is -2.16. The minimum Gasteiger partial charge on any atom is -0.384 e. The minimum absolute atomic E-state index is 0.126. The second-order valence-corrected chi connectivity index (χ2v) is 5.13. The molecule has 1 rings (SSSR count). The summed E-state index contributed by atoms with van der Waals surface area (Å²) in [6, 6.07) is 7.28. The normalized spacial score (nSPS) is 12.5. The van der Waals surface area contributed by atoms with Crippen LogP contribution in [0.15, 0.2) is 24.3 Å². The van der Waals surface area contributed by atoms with Gasteiger partial charge in [0.2, 0.25) is 5.91 Å². The maximum absolute atomic E-state index is 12.0. The summed E-state index contributed by atoms with van der Waals surface area (Å²) >= 11 is 0. The van der Waals surface area contributed by atoms with E-state index in [0.29, 0.717) is 18.9 Å². The average molecular weight is 264 g/mol. The van der Waals surface area contributed by atoms with Crippen LogP contribution < -0.4 is 11.1 Å². The number of para-hydroxylation sites is 1. The summed E-state index contributed by atoms with van der Waals surface area (Å²) in [5.41, 5.74) is 7.77. The summed E-state index contributed by atoms with van der Waals surface area (Å²) in [6.45, 7) is 4.74. The number of carbonyl (C=O) groups excluding carboxylic acids is 1. The van der Waals surface area contributed by atoms with E-state index in [2.05, 4.69) is 19.2 Å². The Balaban J connectivity index is 2.67. The summed E-state index contributed by atoms with van der Waals surface area (Å²) in [5.74, 6) is 0.281. The summed E-state index contributed by atoms with van der Waals surface area (Å²) < 4.78 is 5.07. The Morgan fingerprint density at radius 2 is 2.05 bits per heavy atom.